The fraction of sp³-hybridized carbons (Fsp3) is 0.250. The second-order valence-electron chi connectivity index (χ2n) is 5.16. The van der Waals surface area contributed by atoms with E-state index in [-0.39, 0.29) is 12.6 Å². The van der Waals surface area contributed by atoms with E-state index in [1.54, 1.807) is 44.3 Å². The Bertz CT molecular complexity index is 656. The molecule has 1 aromatic heterocycles. The van der Waals surface area contributed by atoms with Crippen molar-refractivity contribution in [2.45, 2.75) is 25.9 Å². The number of hydrogen-bond donors (Lipinski definition) is 0. The van der Waals surface area contributed by atoms with Gasteiger partial charge in [0.25, 0.3) is 0 Å². The van der Waals surface area contributed by atoms with Gasteiger partial charge in [0.15, 0.2) is 0 Å². The van der Waals surface area contributed by atoms with Gasteiger partial charge in [-0.15, -0.1) is 0 Å². The smallest absolute Gasteiger partial charge is 0.316 e. The number of rotatable bonds is 4. The first-order chi connectivity index (χ1) is 9.91. The van der Waals surface area contributed by atoms with E-state index in [0.29, 0.717) is 15.7 Å². The highest BCUT2D eigenvalue weighted by molar-refractivity contribution is 6.30. The number of ether oxygens (including phenoxy) is 1. The number of hydrogen-bond acceptors (Lipinski definition) is 3. The molecule has 0 aliphatic heterocycles. The SMILES string of the molecule is CC(C)(C(=O)OCc1cccnc1Cl)c1cccc(Cl)c1. The van der Waals surface area contributed by atoms with E-state index in [2.05, 4.69) is 4.98 Å². The quantitative estimate of drug-likeness (QED) is 0.618. The average molecular weight is 324 g/mol. The third-order valence-electron chi connectivity index (χ3n) is 3.25. The summed E-state index contributed by atoms with van der Waals surface area (Å²) in [6.45, 7) is 3.69. The van der Waals surface area contributed by atoms with Gasteiger partial charge in [-0.3, -0.25) is 4.79 Å². The molecule has 0 unspecified atom stereocenters. The van der Waals surface area contributed by atoms with Crippen molar-refractivity contribution in [3.05, 3.63) is 63.9 Å². The average Bonchev–Trinajstić information content (AvgIpc) is 2.46. The van der Waals surface area contributed by atoms with Gasteiger partial charge in [-0.1, -0.05) is 41.4 Å². The Morgan fingerprint density at radius 2 is 2.00 bits per heavy atom. The molecule has 0 saturated heterocycles. The van der Waals surface area contributed by atoms with Crippen molar-refractivity contribution in [2.24, 2.45) is 0 Å². The molecule has 1 heterocycles. The monoisotopic (exact) mass is 323 g/mol. The standard InChI is InChI=1S/C16H15Cl2NO2/c1-16(2,12-6-3-7-13(17)9-12)15(20)21-10-11-5-4-8-19-14(11)18/h3-9H,10H2,1-2H3. The van der Waals surface area contributed by atoms with Crippen molar-refractivity contribution in [3.8, 4) is 0 Å². The molecule has 0 bridgehead atoms. The van der Waals surface area contributed by atoms with E-state index >= 15 is 0 Å². The third-order valence-corrected chi connectivity index (χ3v) is 3.83. The number of carbonyl (C=O) groups is 1. The molecular formula is C16H15Cl2NO2. The van der Waals surface area contributed by atoms with Crippen molar-refractivity contribution in [1.29, 1.82) is 0 Å². The van der Waals surface area contributed by atoms with Gasteiger partial charge in [-0.25, -0.2) is 4.98 Å². The Balaban J connectivity index is 2.10. The molecule has 21 heavy (non-hydrogen) atoms. The van der Waals surface area contributed by atoms with Gasteiger partial charge in [0.2, 0.25) is 0 Å². The summed E-state index contributed by atoms with van der Waals surface area (Å²) in [7, 11) is 0. The summed E-state index contributed by atoms with van der Waals surface area (Å²) >= 11 is 11.9. The summed E-state index contributed by atoms with van der Waals surface area (Å²) in [5, 5.41) is 0.926. The highest BCUT2D eigenvalue weighted by Gasteiger charge is 2.31. The Labute approximate surface area is 133 Å². The molecule has 0 atom stereocenters. The largest absolute Gasteiger partial charge is 0.460 e. The lowest BCUT2D eigenvalue weighted by molar-refractivity contribution is -0.150. The van der Waals surface area contributed by atoms with Crippen molar-refractivity contribution in [1.82, 2.24) is 4.98 Å². The van der Waals surface area contributed by atoms with Crippen LogP contribution in [0.25, 0.3) is 0 Å². The summed E-state index contributed by atoms with van der Waals surface area (Å²) in [4.78, 5) is 16.3. The van der Waals surface area contributed by atoms with E-state index in [4.69, 9.17) is 27.9 Å². The predicted molar refractivity (Wildman–Crippen MR) is 83.5 cm³/mol. The molecule has 0 N–H and O–H groups in total. The van der Waals surface area contributed by atoms with Crippen LogP contribution in [0.3, 0.4) is 0 Å². The highest BCUT2D eigenvalue weighted by Crippen LogP contribution is 2.27. The fourth-order valence-electron chi connectivity index (χ4n) is 1.85. The molecule has 0 saturated carbocycles. The van der Waals surface area contributed by atoms with Gasteiger partial charge in [-0.05, 0) is 37.6 Å². The molecule has 0 fully saturated rings. The van der Waals surface area contributed by atoms with Crippen LogP contribution in [0, 0.1) is 0 Å². The highest BCUT2D eigenvalue weighted by atomic mass is 35.5. The minimum Gasteiger partial charge on any atom is -0.460 e. The predicted octanol–water partition coefficient (Wildman–Crippen LogP) is 4.41. The third kappa shape index (κ3) is 3.74. The summed E-state index contributed by atoms with van der Waals surface area (Å²) < 4.78 is 5.36. The molecule has 0 radical (unpaired) electrons. The molecule has 110 valence electrons. The number of nitrogens with zero attached hydrogens (tertiary/aromatic N) is 1. The van der Waals surface area contributed by atoms with Gasteiger partial charge >= 0.3 is 5.97 Å². The van der Waals surface area contributed by atoms with E-state index in [9.17, 15) is 4.79 Å². The van der Waals surface area contributed by atoms with Crippen LogP contribution in [0.5, 0.6) is 0 Å². The van der Waals surface area contributed by atoms with Gasteiger partial charge in [0, 0.05) is 16.8 Å². The number of benzene rings is 1. The van der Waals surface area contributed by atoms with Crippen LogP contribution in [0.1, 0.15) is 25.0 Å². The number of halogens is 2. The Hall–Kier alpha value is -1.58. The molecule has 0 aliphatic rings. The topological polar surface area (TPSA) is 39.2 Å². The first kappa shape index (κ1) is 15.8. The Kier molecular flexibility index (Phi) is 4.86. The van der Waals surface area contributed by atoms with Crippen LogP contribution in [-0.4, -0.2) is 11.0 Å². The minimum absolute atomic E-state index is 0.0928. The zero-order chi connectivity index (χ0) is 15.5. The maximum Gasteiger partial charge on any atom is 0.316 e. The van der Waals surface area contributed by atoms with Gasteiger partial charge in [0.1, 0.15) is 11.8 Å². The molecular weight excluding hydrogens is 309 g/mol. The maximum absolute atomic E-state index is 12.3. The molecule has 0 amide bonds. The molecule has 3 nitrogen and oxygen atoms in total. The molecule has 1 aromatic carbocycles. The van der Waals surface area contributed by atoms with Crippen molar-refractivity contribution in [3.63, 3.8) is 0 Å². The Morgan fingerprint density at radius 3 is 2.67 bits per heavy atom. The summed E-state index contributed by atoms with van der Waals surface area (Å²) in [5.74, 6) is -0.343. The van der Waals surface area contributed by atoms with Crippen molar-refractivity contribution < 1.29 is 9.53 Å². The van der Waals surface area contributed by atoms with Crippen molar-refractivity contribution >= 4 is 29.2 Å². The first-order valence-corrected chi connectivity index (χ1v) is 7.19. The van der Waals surface area contributed by atoms with Gasteiger partial charge < -0.3 is 4.74 Å². The van der Waals surface area contributed by atoms with Crippen LogP contribution in [0.4, 0.5) is 0 Å². The molecule has 0 spiro atoms. The lowest BCUT2D eigenvalue weighted by Crippen LogP contribution is -2.31. The lowest BCUT2D eigenvalue weighted by Gasteiger charge is -2.23. The molecule has 5 heteroatoms. The zero-order valence-electron chi connectivity index (χ0n) is 11.8. The molecule has 2 aromatic rings. The Morgan fingerprint density at radius 1 is 1.24 bits per heavy atom. The number of esters is 1. The zero-order valence-corrected chi connectivity index (χ0v) is 13.3. The van der Waals surface area contributed by atoms with Crippen LogP contribution in [-0.2, 0) is 21.6 Å². The van der Waals surface area contributed by atoms with E-state index < -0.39 is 5.41 Å². The molecule has 0 aliphatic carbocycles. The molecule has 2 rings (SSSR count). The second kappa shape index (κ2) is 6.46. The van der Waals surface area contributed by atoms with Gasteiger partial charge in [-0.2, -0.15) is 0 Å². The number of aromatic nitrogens is 1. The van der Waals surface area contributed by atoms with E-state index in [0.717, 1.165) is 5.56 Å². The summed E-state index contributed by atoms with van der Waals surface area (Å²) in [5.41, 5.74) is 0.686. The van der Waals surface area contributed by atoms with E-state index in [1.807, 2.05) is 12.1 Å². The van der Waals surface area contributed by atoms with Crippen LogP contribution in [0.2, 0.25) is 10.2 Å². The minimum atomic E-state index is -0.792. The summed E-state index contributed by atoms with van der Waals surface area (Å²) in [6, 6.07) is 10.7. The van der Waals surface area contributed by atoms with Crippen LogP contribution in [0.15, 0.2) is 42.6 Å². The maximum atomic E-state index is 12.3. The van der Waals surface area contributed by atoms with E-state index in [1.165, 1.54) is 0 Å². The lowest BCUT2D eigenvalue weighted by atomic mass is 9.85. The van der Waals surface area contributed by atoms with Gasteiger partial charge in [0.05, 0.1) is 5.41 Å². The fourth-order valence-corrected chi connectivity index (χ4v) is 2.21. The van der Waals surface area contributed by atoms with Crippen LogP contribution < -0.4 is 0 Å². The first-order valence-electron chi connectivity index (χ1n) is 6.44. The second-order valence-corrected chi connectivity index (χ2v) is 5.96. The van der Waals surface area contributed by atoms with Crippen LogP contribution >= 0.6 is 23.2 Å². The number of pyridine rings is 1. The number of carbonyl (C=O) groups excluding carboxylic acids is 1. The van der Waals surface area contributed by atoms with Crippen molar-refractivity contribution in [2.75, 3.05) is 0 Å². The normalized spacial score (nSPS) is 11.2. The summed E-state index contributed by atoms with van der Waals surface area (Å²) in [6.07, 6.45) is 1.59.